The van der Waals surface area contributed by atoms with Gasteiger partial charge in [-0.05, 0) is 30.7 Å². The fourth-order valence-electron chi connectivity index (χ4n) is 5.31. The van der Waals surface area contributed by atoms with Crippen LogP contribution >= 0.6 is 7.14 Å². The topological polar surface area (TPSA) is 56.1 Å². The summed E-state index contributed by atoms with van der Waals surface area (Å²) in [4.78, 5) is 0.189. The van der Waals surface area contributed by atoms with E-state index in [4.69, 9.17) is 0 Å². The molecule has 6 aromatic rings. The maximum Gasteiger partial charge on any atom is 0.268 e. The zero-order valence-corrected chi connectivity index (χ0v) is 23.7. The number of hydrogen-bond donors (Lipinski definition) is 0. The monoisotopic (exact) mass is 561 g/mol. The zero-order chi connectivity index (χ0) is 27.7. The molecule has 0 atom stereocenters. The number of fused-ring (bicyclic) bond motifs is 1. The number of para-hydroxylation sites is 1. The van der Waals surface area contributed by atoms with Gasteiger partial charge in [-0.25, -0.2) is 12.4 Å². The molecular formula is C34H28NO3PS. The highest BCUT2D eigenvalue weighted by Gasteiger charge is 2.35. The molecular weight excluding hydrogens is 533 g/mol. The van der Waals surface area contributed by atoms with E-state index in [1.165, 1.54) is 3.97 Å². The summed E-state index contributed by atoms with van der Waals surface area (Å²) in [6.45, 7) is 1.93. The van der Waals surface area contributed by atoms with E-state index in [-0.39, 0.29) is 11.1 Å². The van der Waals surface area contributed by atoms with Crippen LogP contribution in [-0.2, 0) is 20.8 Å². The van der Waals surface area contributed by atoms with E-state index in [0.717, 1.165) is 22.1 Å². The Morgan fingerprint density at radius 3 is 1.70 bits per heavy atom. The fraction of sp³-hybridized carbons (Fsp3) is 0.0588. The van der Waals surface area contributed by atoms with Crippen molar-refractivity contribution in [2.24, 2.45) is 0 Å². The molecule has 6 rings (SSSR count). The SMILES string of the molecule is Cc1ccc(S(=O)(=O)n2c(CP(=O)(c3ccccc3)c3ccccc3)c(-c3ccccc3)c3ccccc32)cc1. The molecule has 5 aromatic carbocycles. The predicted octanol–water partition coefficient (Wildman–Crippen LogP) is 7.37. The van der Waals surface area contributed by atoms with Gasteiger partial charge in [0.1, 0.15) is 7.14 Å². The van der Waals surface area contributed by atoms with Gasteiger partial charge in [0, 0.05) is 21.6 Å². The van der Waals surface area contributed by atoms with E-state index in [0.29, 0.717) is 21.8 Å². The van der Waals surface area contributed by atoms with Gasteiger partial charge in [-0.3, -0.25) is 0 Å². The average molecular weight is 562 g/mol. The van der Waals surface area contributed by atoms with Gasteiger partial charge >= 0.3 is 0 Å². The third kappa shape index (κ3) is 4.52. The first-order valence-electron chi connectivity index (χ1n) is 13.1. The van der Waals surface area contributed by atoms with Crippen LogP contribution in [0.1, 0.15) is 11.3 Å². The average Bonchev–Trinajstić information content (AvgIpc) is 3.32. The number of hydrogen-bond acceptors (Lipinski definition) is 3. The highest BCUT2D eigenvalue weighted by Crippen LogP contribution is 2.51. The zero-order valence-electron chi connectivity index (χ0n) is 22.0. The molecule has 0 aliphatic rings. The maximum absolute atomic E-state index is 15.3. The summed E-state index contributed by atoms with van der Waals surface area (Å²) in [5, 5.41) is 2.17. The predicted molar refractivity (Wildman–Crippen MR) is 165 cm³/mol. The van der Waals surface area contributed by atoms with Crippen LogP contribution in [0.4, 0.5) is 0 Å². The summed E-state index contributed by atoms with van der Waals surface area (Å²) in [5.41, 5.74) is 3.69. The molecule has 1 heterocycles. The van der Waals surface area contributed by atoms with Crippen LogP contribution < -0.4 is 10.6 Å². The Hall–Kier alpha value is -4.18. The second-order valence-electron chi connectivity index (χ2n) is 9.86. The highest BCUT2D eigenvalue weighted by atomic mass is 32.2. The second kappa shape index (κ2) is 10.4. The van der Waals surface area contributed by atoms with Crippen molar-refractivity contribution in [2.75, 3.05) is 0 Å². The minimum Gasteiger partial charge on any atom is -0.313 e. The van der Waals surface area contributed by atoms with Crippen molar-refractivity contribution in [3.05, 3.63) is 151 Å². The van der Waals surface area contributed by atoms with Gasteiger partial charge in [0.25, 0.3) is 10.0 Å². The second-order valence-corrected chi connectivity index (χ2v) is 14.5. The van der Waals surface area contributed by atoms with Crippen molar-refractivity contribution in [2.45, 2.75) is 18.0 Å². The lowest BCUT2D eigenvalue weighted by atomic mass is 10.0. The Bertz CT molecular complexity index is 1910. The van der Waals surface area contributed by atoms with Crippen LogP contribution in [0.25, 0.3) is 22.0 Å². The maximum atomic E-state index is 15.3. The number of rotatable bonds is 7. The third-order valence-corrected chi connectivity index (χ3v) is 12.0. The molecule has 0 unspecified atom stereocenters. The molecule has 0 bridgehead atoms. The summed E-state index contributed by atoms with van der Waals surface area (Å²) in [5.74, 6) is 0. The first-order chi connectivity index (χ1) is 19.4. The first-order valence-corrected chi connectivity index (χ1v) is 16.4. The molecule has 1 aromatic heterocycles. The molecule has 40 heavy (non-hydrogen) atoms. The molecule has 0 saturated heterocycles. The summed E-state index contributed by atoms with van der Waals surface area (Å²) in [6, 6.07) is 43.0. The van der Waals surface area contributed by atoms with E-state index in [1.807, 2.05) is 122 Å². The van der Waals surface area contributed by atoms with Crippen LogP contribution in [0, 0.1) is 6.92 Å². The molecule has 0 aliphatic heterocycles. The van der Waals surface area contributed by atoms with Crippen molar-refractivity contribution < 1.29 is 13.0 Å². The highest BCUT2D eigenvalue weighted by molar-refractivity contribution is 7.90. The van der Waals surface area contributed by atoms with Gasteiger partial charge in [0.2, 0.25) is 0 Å². The minimum absolute atomic E-state index is 0.0328. The van der Waals surface area contributed by atoms with Crippen LogP contribution in [0.5, 0.6) is 0 Å². The lowest BCUT2D eigenvalue weighted by molar-refractivity contribution is 0.583. The summed E-state index contributed by atoms with van der Waals surface area (Å²) in [6.07, 6.45) is 0.0328. The first kappa shape index (κ1) is 26.1. The molecule has 0 saturated carbocycles. The van der Waals surface area contributed by atoms with E-state index >= 15 is 4.57 Å². The normalized spacial score (nSPS) is 12.0. The number of benzene rings is 5. The molecule has 0 spiro atoms. The van der Waals surface area contributed by atoms with Gasteiger partial charge in [0.15, 0.2) is 0 Å². The van der Waals surface area contributed by atoms with Gasteiger partial charge in [-0.1, -0.05) is 127 Å². The summed E-state index contributed by atoms with van der Waals surface area (Å²) < 4.78 is 45.6. The molecule has 0 N–H and O–H groups in total. The van der Waals surface area contributed by atoms with Crippen LogP contribution in [-0.4, -0.2) is 12.4 Å². The largest absolute Gasteiger partial charge is 0.313 e. The Balaban J connectivity index is 1.71. The Labute approximate surface area is 235 Å². The van der Waals surface area contributed by atoms with Crippen molar-refractivity contribution in [3.8, 4) is 11.1 Å². The van der Waals surface area contributed by atoms with Crippen molar-refractivity contribution in [3.63, 3.8) is 0 Å². The van der Waals surface area contributed by atoms with Crippen molar-refractivity contribution in [1.29, 1.82) is 0 Å². The van der Waals surface area contributed by atoms with Crippen LogP contribution in [0.15, 0.2) is 144 Å². The molecule has 0 fully saturated rings. The lowest BCUT2D eigenvalue weighted by Crippen LogP contribution is -2.21. The number of nitrogens with zero attached hydrogens (tertiary/aromatic N) is 1. The molecule has 198 valence electrons. The smallest absolute Gasteiger partial charge is 0.268 e. The van der Waals surface area contributed by atoms with Gasteiger partial charge in [-0.2, -0.15) is 0 Å². The quantitative estimate of drug-likeness (QED) is 0.191. The Morgan fingerprint density at radius 1 is 0.625 bits per heavy atom. The van der Waals surface area contributed by atoms with Crippen molar-refractivity contribution in [1.82, 2.24) is 3.97 Å². The van der Waals surface area contributed by atoms with Crippen LogP contribution in [0.2, 0.25) is 0 Å². The minimum atomic E-state index is -4.04. The van der Waals surface area contributed by atoms with Crippen LogP contribution in [0.3, 0.4) is 0 Å². The Morgan fingerprint density at radius 2 is 1.12 bits per heavy atom. The molecule has 4 nitrogen and oxygen atoms in total. The number of aryl methyl sites for hydroxylation is 1. The fourth-order valence-corrected chi connectivity index (χ4v) is 9.65. The lowest BCUT2D eigenvalue weighted by Gasteiger charge is -2.22. The molecule has 0 radical (unpaired) electrons. The number of aromatic nitrogens is 1. The summed E-state index contributed by atoms with van der Waals surface area (Å²) >= 11 is 0. The summed E-state index contributed by atoms with van der Waals surface area (Å²) in [7, 11) is -7.37. The van der Waals surface area contributed by atoms with Gasteiger partial charge < -0.3 is 4.57 Å². The van der Waals surface area contributed by atoms with Gasteiger partial charge in [-0.15, -0.1) is 0 Å². The standard InChI is InChI=1S/C34H28NO3PS/c1-26-21-23-30(24-22-26)40(37,38)35-32-20-12-11-19-31(32)34(27-13-5-2-6-14-27)33(35)25-39(36,28-15-7-3-8-16-28)29-17-9-4-10-18-29/h2-24H,25H2,1H3. The van der Waals surface area contributed by atoms with E-state index in [1.54, 1.807) is 24.3 Å². The van der Waals surface area contributed by atoms with E-state index in [2.05, 4.69) is 0 Å². The van der Waals surface area contributed by atoms with Gasteiger partial charge in [0.05, 0.1) is 22.3 Å². The molecule has 0 aliphatic carbocycles. The third-order valence-electron chi connectivity index (χ3n) is 7.27. The van der Waals surface area contributed by atoms with E-state index < -0.39 is 17.2 Å². The molecule has 6 heteroatoms. The van der Waals surface area contributed by atoms with Crippen molar-refractivity contribution >= 4 is 38.7 Å². The van der Waals surface area contributed by atoms with E-state index in [9.17, 15) is 8.42 Å². The Kier molecular flexibility index (Phi) is 6.79. The molecule has 0 amide bonds.